The summed E-state index contributed by atoms with van der Waals surface area (Å²) in [5.74, 6) is -2.18. The molecule has 0 aromatic carbocycles. The summed E-state index contributed by atoms with van der Waals surface area (Å²) in [5, 5.41) is 8.79. The van der Waals surface area contributed by atoms with E-state index in [-0.39, 0.29) is 11.9 Å². The Kier molecular flexibility index (Phi) is 4.12. The SMILES string of the molecule is CCN(C(=O)C(C)C(=O)O)C1CCCC1. The van der Waals surface area contributed by atoms with Crippen LogP contribution in [-0.2, 0) is 9.59 Å². The predicted octanol–water partition coefficient (Wildman–Crippen LogP) is 1.50. The third-order valence-electron chi connectivity index (χ3n) is 3.13. The normalized spacial score (nSPS) is 18.8. The van der Waals surface area contributed by atoms with E-state index in [4.69, 9.17) is 5.11 Å². The van der Waals surface area contributed by atoms with Crippen molar-refractivity contribution in [1.29, 1.82) is 0 Å². The molecule has 1 fully saturated rings. The Morgan fingerprint density at radius 1 is 1.40 bits per heavy atom. The van der Waals surface area contributed by atoms with Gasteiger partial charge in [-0.3, -0.25) is 9.59 Å². The van der Waals surface area contributed by atoms with Crippen molar-refractivity contribution in [2.24, 2.45) is 5.92 Å². The van der Waals surface area contributed by atoms with E-state index in [2.05, 4.69) is 0 Å². The lowest BCUT2D eigenvalue weighted by Gasteiger charge is -2.29. The van der Waals surface area contributed by atoms with Crippen molar-refractivity contribution in [1.82, 2.24) is 4.90 Å². The maximum Gasteiger partial charge on any atom is 0.315 e. The highest BCUT2D eigenvalue weighted by Crippen LogP contribution is 2.24. The minimum absolute atomic E-state index is 0.239. The summed E-state index contributed by atoms with van der Waals surface area (Å²) in [4.78, 5) is 24.3. The van der Waals surface area contributed by atoms with Gasteiger partial charge in [-0.1, -0.05) is 12.8 Å². The molecule has 0 aliphatic heterocycles. The Balaban J connectivity index is 2.64. The molecule has 4 nitrogen and oxygen atoms in total. The van der Waals surface area contributed by atoms with Crippen LogP contribution in [0, 0.1) is 5.92 Å². The number of hydrogen-bond acceptors (Lipinski definition) is 2. The quantitative estimate of drug-likeness (QED) is 0.720. The molecule has 1 rings (SSSR count). The van der Waals surface area contributed by atoms with E-state index in [1.54, 1.807) is 4.90 Å². The molecule has 1 aliphatic carbocycles. The van der Waals surface area contributed by atoms with Crippen LogP contribution in [0.5, 0.6) is 0 Å². The fraction of sp³-hybridized carbons (Fsp3) is 0.818. The lowest BCUT2D eigenvalue weighted by atomic mass is 10.1. The summed E-state index contributed by atoms with van der Waals surface area (Å²) in [7, 11) is 0. The van der Waals surface area contributed by atoms with Crippen LogP contribution in [0.25, 0.3) is 0 Å². The molecule has 1 saturated carbocycles. The second kappa shape index (κ2) is 5.14. The molecule has 1 amide bonds. The molecule has 0 heterocycles. The zero-order valence-corrected chi connectivity index (χ0v) is 9.40. The van der Waals surface area contributed by atoms with Crippen molar-refractivity contribution in [3.05, 3.63) is 0 Å². The topological polar surface area (TPSA) is 57.6 Å². The highest BCUT2D eigenvalue weighted by atomic mass is 16.4. The third kappa shape index (κ3) is 2.70. The van der Waals surface area contributed by atoms with E-state index < -0.39 is 11.9 Å². The lowest BCUT2D eigenvalue weighted by Crippen LogP contribution is -2.43. The molecule has 15 heavy (non-hydrogen) atoms. The van der Waals surface area contributed by atoms with Crippen molar-refractivity contribution in [2.45, 2.75) is 45.6 Å². The minimum Gasteiger partial charge on any atom is -0.481 e. The standard InChI is InChI=1S/C11H19NO3/c1-3-12(9-6-4-5-7-9)10(13)8(2)11(14)15/h8-9H,3-7H2,1-2H3,(H,14,15). The van der Waals surface area contributed by atoms with Gasteiger partial charge in [-0.2, -0.15) is 0 Å². The maximum atomic E-state index is 11.8. The van der Waals surface area contributed by atoms with Gasteiger partial charge in [-0.05, 0) is 26.7 Å². The minimum atomic E-state index is -1.03. The van der Waals surface area contributed by atoms with Gasteiger partial charge in [0.1, 0.15) is 5.92 Å². The number of carboxylic acid groups (broad SMARTS) is 1. The molecule has 0 saturated heterocycles. The lowest BCUT2D eigenvalue weighted by molar-refractivity contribution is -0.151. The average molecular weight is 213 g/mol. The molecule has 86 valence electrons. The van der Waals surface area contributed by atoms with Crippen LogP contribution in [0.15, 0.2) is 0 Å². The van der Waals surface area contributed by atoms with Crippen LogP contribution in [0.2, 0.25) is 0 Å². The first-order chi connectivity index (χ1) is 7.07. The fourth-order valence-corrected chi connectivity index (χ4v) is 2.16. The molecule has 0 radical (unpaired) electrons. The zero-order valence-electron chi connectivity index (χ0n) is 9.40. The van der Waals surface area contributed by atoms with Crippen molar-refractivity contribution in [2.75, 3.05) is 6.54 Å². The molecular formula is C11H19NO3. The summed E-state index contributed by atoms with van der Waals surface area (Å²) in [6.07, 6.45) is 4.34. The number of aliphatic carboxylic acids is 1. The Morgan fingerprint density at radius 3 is 2.33 bits per heavy atom. The van der Waals surface area contributed by atoms with Crippen LogP contribution < -0.4 is 0 Å². The Hall–Kier alpha value is -1.06. The molecule has 0 spiro atoms. The fourth-order valence-electron chi connectivity index (χ4n) is 2.16. The van der Waals surface area contributed by atoms with Crippen LogP contribution >= 0.6 is 0 Å². The predicted molar refractivity (Wildman–Crippen MR) is 56.4 cm³/mol. The summed E-state index contributed by atoms with van der Waals surface area (Å²) >= 11 is 0. The van der Waals surface area contributed by atoms with E-state index in [9.17, 15) is 9.59 Å². The first-order valence-electron chi connectivity index (χ1n) is 5.61. The van der Waals surface area contributed by atoms with Gasteiger partial charge in [0, 0.05) is 12.6 Å². The van der Waals surface area contributed by atoms with Gasteiger partial charge < -0.3 is 10.0 Å². The van der Waals surface area contributed by atoms with Crippen molar-refractivity contribution in [3.8, 4) is 0 Å². The summed E-state index contributed by atoms with van der Waals surface area (Å²) in [6, 6.07) is 0.268. The second-order valence-corrected chi connectivity index (χ2v) is 4.12. The van der Waals surface area contributed by atoms with E-state index in [1.807, 2.05) is 6.92 Å². The molecule has 4 heteroatoms. The van der Waals surface area contributed by atoms with Crippen LogP contribution in [-0.4, -0.2) is 34.5 Å². The van der Waals surface area contributed by atoms with Crippen molar-refractivity contribution >= 4 is 11.9 Å². The van der Waals surface area contributed by atoms with Gasteiger partial charge in [0.25, 0.3) is 0 Å². The summed E-state index contributed by atoms with van der Waals surface area (Å²) in [6.45, 7) is 3.98. The van der Waals surface area contributed by atoms with E-state index in [0.29, 0.717) is 6.54 Å². The van der Waals surface area contributed by atoms with E-state index in [1.165, 1.54) is 6.92 Å². The molecular weight excluding hydrogens is 194 g/mol. The van der Waals surface area contributed by atoms with Gasteiger partial charge in [-0.15, -0.1) is 0 Å². The molecule has 1 atom stereocenters. The highest BCUT2D eigenvalue weighted by molar-refractivity contribution is 5.96. The number of carbonyl (C=O) groups excluding carboxylic acids is 1. The largest absolute Gasteiger partial charge is 0.481 e. The number of carboxylic acids is 1. The summed E-state index contributed by atoms with van der Waals surface area (Å²) < 4.78 is 0. The maximum absolute atomic E-state index is 11.8. The van der Waals surface area contributed by atoms with Gasteiger partial charge in [0.2, 0.25) is 5.91 Å². The van der Waals surface area contributed by atoms with Crippen molar-refractivity contribution in [3.63, 3.8) is 0 Å². The molecule has 1 aliphatic rings. The van der Waals surface area contributed by atoms with Crippen LogP contribution in [0.1, 0.15) is 39.5 Å². The number of carbonyl (C=O) groups is 2. The molecule has 0 aromatic heterocycles. The number of rotatable bonds is 4. The third-order valence-corrected chi connectivity index (χ3v) is 3.13. The number of nitrogens with zero attached hydrogens (tertiary/aromatic N) is 1. The average Bonchev–Trinajstić information content (AvgIpc) is 2.70. The smallest absolute Gasteiger partial charge is 0.315 e. The monoisotopic (exact) mass is 213 g/mol. The Bertz CT molecular complexity index is 246. The highest BCUT2D eigenvalue weighted by Gasteiger charge is 2.31. The van der Waals surface area contributed by atoms with Crippen LogP contribution in [0.4, 0.5) is 0 Å². The zero-order chi connectivity index (χ0) is 11.4. The van der Waals surface area contributed by atoms with Gasteiger partial charge >= 0.3 is 5.97 Å². The van der Waals surface area contributed by atoms with Crippen molar-refractivity contribution < 1.29 is 14.7 Å². The van der Waals surface area contributed by atoms with Crippen LogP contribution in [0.3, 0.4) is 0 Å². The summed E-state index contributed by atoms with van der Waals surface area (Å²) in [5.41, 5.74) is 0. The van der Waals surface area contributed by atoms with Gasteiger partial charge in [-0.25, -0.2) is 0 Å². The second-order valence-electron chi connectivity index (χ2n) is 4.12. The molecule has 0 bridgehead atoms. The molecule has 0 aromatic rings. The molecule has 1 N–H and O–H groups in total. The first-order valence-corrected chi connectivity index (χ1v) is 5.61. The Labute approximate surface area is 90.3 Å². The number of hydrogen-bond donors (Lipinski definition) is 1. The van der Waals surface area contributed by atoms with Gasteiger partial charge in [0.05, 0.1) is 0 Å². The van der Waals surface area contributed by atoms with E-state index in [0.717, 1.165) is 25.7 Å². The number of amides is 1. The van der Waals surface area contributed by atoms with E-state index >= 15 is 0 Å². The first kappa shape index (κ1) is 12.0. The Morgan fingerprint density at radius 2 is 1.93 bits per heavy atom. The molecule has 1 unspecified atom stereocenters. The van der Waals surface area contributed by atoms with Gasteiger partial charge in [0.15, 0.2) is 0 Å².